The highest BCUT2D eigenvalue weighted by Crippen LogP contribution is 2.03. The van der Waals surface area contributed by atoms with E-state index in [0.717, 1.165) is 12.0 Å². The Morgan fingerprint density at radius 2 is 1.83 bits per heavy atom. The molecule has 1 atom stereocenters. The van der Waals surface area contributed by atoms with Gasteiger partial charge in [0.25, 0.3) is 5.91 Å². The van der Waals surface area contributed by atoms with Crippen LogP contribution >= 0.6 is 0 Å². The average Bonchev–Trinajstić information content (AvgIpc) is 2.54. The normalized spacial score (nSPS) is 12.0. The molecule has 24 heavy (non-hydrogen) atoms. The van der Waals surface area contributed by atoms with Gasteiger partial charge in [-0.1, -0.05) is 26.0 Å². The van der Waals surface area contributed by atoms with E-state index in [1.807, 2.05) is 0 Å². The van der Waals surface area contributed by atoms with Crippen LogP contribution in [0.4, 0.5) is 4.39 Å². The van der Waals surface area contributed by atoms with Crippen LogP contribution in [0.15, 0.2) is 24.3 Å². The molecule has 0 fully saturated rings. The molecular weight excluding hydrogens is 313 g/mol. The molecule has 1 aromatic carbocycles. The van der Waals surface area contributed by atoms with Gasteiger partial charge in [0.1, 0.15) is 5.82 Å². The monoisotopic (exact) mass is 339 g/mol. The lowest BCUT2D eigenvalue weighted by molar-refractivity contribution is -0.159. The van der Waals surface area contributed by atoms with Crippen molar-refractivity contribution < 1.29 is 23.5 Å². The van der Waals surface area contributed by atoms with Crippen molar-refractivity contribution in [3.8, 4) is 0 Å². The van der Waals surface area contributed by atoms with Crippen molar-refractivity contribution in [2.75, 3.05) is 19.8 Å². The minimum atomic E-state index is -0.684. The molecule has 0 spiro atoms. The molecule has 6 heteroatoms. The lowest BCUT2D eigenvalue weighted by Gasteiger charge is -2.13. The summed E-state index contributed by atoms with van der Waals surface area (Å²) in [6.45, 7) is 6.29. The number of ether oxygens (including phenoxy) is 2. The molecule has 0 saturated carbocycles. The fourth-order valence-corrected chi connectivity index (χ4v) is 1.85. The molecule has 0 saturated heterocycles. The number of rotatable bonds is 10. The standard InChI is InChI=1S/C18H26FNO4/c1-13(2)9-11-23-14(3)18(22)24-12-17(21)20-10-8-15-4-6-16(19)7-5-15/h4-7,13-14H,8-12H2,1-3H3,(H,20,21). The quantitative estimate of drug-likeness (QED) is 0.665. The highest BCUT2D eigenvalue weighted by Gasteiger charge is 2.16. The van der Waals surface area contributed by atoms with E-state index in [0.29, 0.717) is 25.5 Å². The zero-order valence-corrected chi connectivity index (χ0v) is 14.5. The van der Waals surface area contributed by atoms with Crippen molar-refractivity contribution >= 4 is 11.9 Å². The molecule has 0 radical (unpaired) electrons. The number of halogens is 1. The van der Waals surface area contributed by atoms with Gasteiger partial charge < -0.3 is 14.8 Å². The van der Waals surface area contributed by atoms with Gasteiger partial charge in [-0.15, -0.1) is 0 Å². The van der Waals surface area contributed by atoms with Gasteiger partial charge in [0.2, 0.25) is 0 Å². The third-order valence-corrected chi connectivity index (χ3v) is 3.39. The summed E-state index contributed by atoms with van der Waals surface area (Å²) < 4.78 is 23.0. The van der Waals surface area contributed by atoms with Crippen molar-refractivity contribution in [1.82, 2.24) is 5.32 Å². The third-order valence-electron chi connectivity index (χ3n) is 3.39. The molecular formula is C18H26FNO4. The second kappa shape index (κ2) is 10.8. The maximum atomic E-state index is 12.8. The van der Waals surface area contributed by atoms with E-state index >= 15 is 0 Å². The fraction of sp³-hybridized carbons (Fsp3) is 0.556. The summed E-state index contributed by atoms with van der Waals surface area (Å²) in [5.41, 5.74) is 0.917. The van der Waals surface area contributed by atoms with E-state index in [-0.39, 0.29) is 18.3 Å². The summed E-state index contributed by atoms with van der Waals surface area (Å²) in [5, 5.41) is 2.65. The predicted octanol–water partition coefficient (Wildman–Crippen LogP) is 2.48. The van der Waals surface area contributed by atoms with Crippen molar-refractivity contribution in [3.05, 3.63) is 35.6 Å². The topological polar surface area (TPSA) is 64.6 Å². The number of nitrogens with one attached hydrogen (secondary N) is 1. The lowest BCUT2D eigenvalue weighted by Crippen LogP contribution is -2.33. The molecule has 1 unspecified atom stereocenters. The fourth-order valence-electron chi connectivity index (χ4n) is 1.85. The predicted molar refractivity (Wildman–Crippen MR) is 88.9 cm³/mol. The number of esters is 1. The molecule has 0 heterocycles. The van der Waals surface area contributed by atoms with Crippen LogP contribution in [0.25, 0.3) is 0 Å². The van der Waals surface area contributed by atoms with Crippen LogP contribution in [-0.2, 0) is 25.5 Å². The van der Waals surface area contributed by atoms with E-state index in [1.54, 1.807) is 19.1 Å². The van der Waals surface area contributed by atoms with E-state index in [9.17, 15) is 14.0 Å². The number of hydrogen-bond acceptors (Lipinski definition) is 4. The Morgan fingerprint density at radius 3 is 2.46 bits per heavy atom. The first-order valence-electron chi connectivity index (χ1n) is 8.18. The van der Waals surface area contributed by atoms with E-state index in [4.69, 9.17) is 9.47 Å². The van der Waals surface area contributed by atoms with Gasteiger partial charge in [-0.05, 0) is 43.4 Å². The first-order chi connectivity index (χ1) is 11.4. The Hall–Kier alpha value is -1.95. The van der Waals surface area contributed by atoms with Crippen molar-refractivity contribution in [3.63, 3.8) is 0 Å². The van der Waals surface area contributed by atoms with Gasteiger partial charge in [0.15, 0.2) is 12.7 Å². The molecule has 1 N–H and O–H groups in total. The van der Waals surface area contributed by atoms with Gasteiger partial charge in [-0.25, -0.2) is 9.18 Å². The molecule has 1 rings (SSSR count). The number of carbonyl (C=O) groups excluding carboxylic acids is 2. The number of carbonyl (C=O) groups is 2. The van der Waals surface area contributed by atoms with Crippen LogP contribution in [0.5, 0.6) is 0 Å². The Labute approximate surface area is 142 Å². The van der Waals surface area contributed by atoms with Gasteiger partial charge in [0, 0.05) is 13.2 Å². The summed E-state index contributed by atoms with van der Waals surface area (Å²) in [6.07, 6.45) is 0.756. The molecule has 1 amide bonds. The molecule has 0 aromatic heterocycles. The SMILES string of the molecule is CC(C)CCOC(C)C(=O)OCC(=O)NCCc1ccc(F)cc1. The maximum absolute atomic E-state index is 12.8. The van der Waals surface area contributed by atoms with Crippen LogP contribution in [0.2, 0.25) is 0 Å². The Kier molecular flexibility index (Phi) is 9.01. The third kappa shape index (κ3) is 8.62. The second-order valence-corrected chi connectivity index (χ2v) is 6.03. The average molecular weight is 339 g/mol. The highest BCUT2D eigenvalue weighted by molar-refractivity contribution is 5.81. The Balaban J connectivity index is 2.16. The van der Waals surface area contributed by atoms with Gasteiger partial charge in [-0.3, -0.25) is 4.79 Å². The molecule has 0 aliphatic rings. The van der Waals surface area contributed by atoms with Crippen molar-refractivity contribution in [1.29, 1.82) is 0 Å². The number of amides is 1. The highest BCUT2D eigenvalue weighted by atomic mass is 19.1. The van der Waals surface area contributed by atoms with E-state index < -0.39 is 12.1 Å². The summed E-state index contributed by atoms with van der Waals surface area (Å²) in [6, 6.07) is 6.08. The van der Waals surface area contributed by atoms with Crippen LogP contribution < -0.4 is 5.32 Å². The lowest BCUT2D eigenvalue weighted by atomic mass is 10.1. The van der Waals surface area contributed by atoms with Crippen molar-refractivity contribution in [2.24, 2.45) is 5.92 Å². The first kappa shape index (κ1) is 20.1. The van der Waals surface area contributed by atoms with E-state index in [2.05, 4.69) is 19.2 Å². The minimum Gasteiger partial charge on any atom is -0.454 e. The van der Waals surface area contributed by atoms with Gasteiger partial charge in [0.05, 0.1) is 0 Å². The summed E-state index contributed by atoms with van der Waals surface area (Å²) in [4.78, 5) is 23.3. The van der Waals surface area contributed by atoms with Crippen LogP contribution in [-0.4, -0.2) is 37.7 Å². The molecule has 0 bridgehead atoms. The molecule has 0 aliphatic heterocycles. The summed E-state index contributed by atoms with van der Waals surface area (Å²) >= 11 is 0. The molecule has 0 aliphatic carbocycles. The first-order valence-corrected chi connectivity index (χ1v) is 8.18. The zero-order valence-electron chi connectivity index (χ0n) is 14.5. The molecule has 1 aromatic rings. The smallest absolute Gasteiger partial charge is 0.335 e. The summed E-state index contributed by atoms with van der Waals surface area (Å²) in [5.74, 6) is -0.716. The zero-order chi connectivity index (χ0) is 17.9. The second-order valence-electron chi connectivity index (χ2n) is 6.03. The summed E-state index contributed by atoms with van der Waals surface area (Å²) in [7, 11) is 0. The molecule has 134 valence electrons. The van der Waals surface area contributed by atoms with Crippen molar-refractivity contribution in [2.45, 2.75) is 39.7 Å². The van der Waals surface area contributed by atoms with Gasteiger partial charge >= 0.3 is 5.97 Å². The largest absolute Gasteiger partial charge is 0.454 e. The number of hydrogen-bond donors (Lipinski definition) is 1. The Bertz CT molecular complexity index is 516. The maximum Gasteiger partial charge on any atom is 0.335 e. The Morgan fingerprint density at radius 1 is 1.17 bits per heavy atom. The van der Waals surface area contributed by atoms with E-state index in [1.165, 1.54) is 12.1 Å². The van der Waals surface area contributed by atoms with Crippen LogP contribution in [0.3, 0.4) is 0 Å². The van der Waals surface area contributed by atoms with Crippen LogP contribution in [0.1, 0.15) is 32.8 Å². The van der Waals surface area contributed by atoms with Gasteiger partial charge in [-0.2, -0.15) is 0 Å². The minimum absolute atomic E-state index is 0.292. The molecule has 5 nitrogen and oxygen atoms in total. The van der Waals surface area contributed by atoms with Crippen LogP contribution in [0, 0.1) is 11.7 Å². The number of benzene rings is 1.